The van der Waals surface area contributed by atoms with Crippen LogP contribution in [-0.2, 0) is 14.9 Å². The van der Waals surface area contributed by atoms with Crippen LogP contribution >= 0.6 is 0 Å². The van der Waals surface area contributed by atoms with E-state index in [1.165, 1.54) is 212 Å². The minimum Gasteiger partial charge on any atom is -0.391 e. The summed E-state index contributed by atoms with van der Waals surface area (Å²) in [6, 6.07) is -0.969. The Hall–Kier alpha value is -0.920. The highest BCUT2D eigenvalue weighted by Crippen LogP contribution is 2.17. The predicted molar refractivity (Wildman–Crippen MR) is 244 cm³/mol. The van der Waals surface area contributed by atoms with Crippen LogP contribution in [0.15, 0.2) is 12.2 Å². The lowest BCUT2D eigenvalue weighted by molar-refractivity contribution is -0.122. The van der Waals surface area contributed by atoms with E-state index < -0.39 is 28.0 Å². The second-order valence-electron chi connectivity index (χ2n) is 17.5. The molecule has 2 unspecified atom stereocenters. The van der Waals surface area contributed by atoms with Crippen molar-refractivity contribution in [2.24, 2.45) is 0 Å². The van der Waals surface area contributed by atoms with Gasteiger partial charge in [0, 0.05) is 6.42 Å². The van der Waals surface area contributed by atoms with Gasteiger partial charge in [0.15, 0.2) is 0 Å². The first-order chi connectivity index (χ1) is 27.3. The topological polar surface area (TPSA) is 104 Å². The van der Waals surface area contributed by atoms with Gasteiger partial charge in [-0.2, -0.15) is 8.42 Å². The van der Waals surface area contributed by atoms with Gasteiger partial charge in [-0.05, 0) is 38.5 Å². The first-order valence-corrected chi connectivity index (χ1v) is 26.5. The fourth-order valence-corrected chi connectivity index (χ4v) is 8.74. The van der Waals surface area contributed by atoms with Crippen LogP contribution < -0.4 is 5.32 Å². The number of carbonyl (C=O) groups excluding carboxylic acids is 1. The van der Waals surface area contributed by atoms with E-state index in [1.54, 1.807) is 0 Å². The van der Waals surface area contributed by atoms with Gasteiger partial charge in [0.1, 0.15) is 0 Å². The maximum atomic E-state index is 12.6. The molecule has 6 nitrogen and oxygen atoms in total. The Morgan fingerprint density at radius 3 is 1.07 bits per heavy atom. The maximum Gasteiger partial charge on any atom is 0.266 e. The van der Waals surface area contributed by atoms with Gasteiger partial charge in [0.25, 0.3) is 10.1 Å². The van der Waals surface area contributed by atoms with Crippen molar-refractivity contribution in [3.05, 3.63) is 12.2 Å². The van der Waals surface area contributed by atoms with E-state index in [0.717, 1.165) is 38.5 Å². The van der Waals surface area contributed by atoms with E-state index in [1.807, 2.05) is 0 Å². The van der Waals surface area contributed by atoms with Crippen molar-refractivity contribution in [3.8, 4) is 0 Å². The van der Waals surface area contributed by atoms with Crippen LogP contribution in [-0.4, -0.2) is 41.9 Å². The summed E-state index contributed by atoms with van der Waals surface area (Å²) in [5.74, 6) is -0.887. The lowest BCUT2D eigenvalue weighted by Crippen LogP contribution is -2.47. The maximum absolute atomic E-state index is 12.6. The summed E-state index contributed by atoms with van der Waals surface area (Å²) in [6.07, 6.45) is 54.6. The van der Waals surface area contributed by atoms with Crippen molar-refractivity contribution in [1.82, 2.24) is 5.32 Å². The van der Waals surface area contributed by atoms with Crippen LogP contribution in [0.4, 0.5) is 0 Å². The lowest BCUT2D eigenvalue weighted by Gasteiger charge is -2.23. The molecule has 2 atom stereocenters. The van der Waals surface area contributed by atoms with Gasteiger partial charge in [-0.3, -0.25) is 9.35 Å². The predicted octanol–water partition coefficient (Wildman–Crippen LogP) is 15.3. The van der Waals surface area contributed by atoms with Crippen molar-refractivity contribution in [3.63, 3.8) is 0 Å². The Balaban J connectivity index is 3.74. The average molecular weight is 812 g/mol. The second kappa shape index (κ2) is 43.7. The van der Waals surface area contributed by atoms with Crippen molar-refractivity contribution < 1.29 is 22.9 Å². The van der Waals surface area contributed by atoms with Crippen LogP contribution in [0.2, 0.25) is 0 Å². The van der Waals surface area contributed by atoms with Crippen LogP contribution in [0.1, 0.15) is 277 Å². The van der Waals surface area contributed by atoms with Crippen LogP contribution in [0.3, 0.4) is 0 Å². The normalized spacial score (nSPS) is 13.1. The zero-order chi connectivity index (χ0) is 41.1. The molecule has 7 heteroatoms. The number of aliphatic hydroxyl groups excluding tert-OH is 1. The lowest BCUT2D eigenvalue weighted by atomic mass is 10.0. The Morgan fingerprint density at radius 2 is 0.750 bits per heavy atom. The Labute approximate surface area is 350 Å². The van der Waals surface area contributed by atoms with Gasteiger partial charge >= 0.3 is 0 Å². The monoisotopic (exact) mass is 812 g/mol. The number of carbonyl (C=O) groups is 1. The van der Waals surface area contributed by atoms with E-state index in [0.29, 0.717) is 12.8 Å². The third kappa shape index (κ3) is 44.2. The first-order valence-electron chi connectivity index (χ1n) is 24.9. The van der Waals surface area contributed by atoms with E-state index >= 15 is 0 Å². The number of amides is 1. The summed E-state index contributed by atoms with van der Waals surface area (Å²) < 4.78 is 32.7. The van der Waals surface area contributed by atoms with Crippen LogP contribution in [0.25, 0.3) is 0 Å². The number of hydrogen-bond donors (Lipinski definition) is 3. The third-order valence-electron chi connectivity index (χ3n) is 11.7. The number of nitrogens with one attached hydrogen (secondary N) is 1. The Morgan fingerprint density at radius 1 is 0.464 bits per heavy atom. The molecule has 0 radical (unpaired) electrons. The molecule has 0 saturated heterocycles. The highest BCUT2D eigenvalue weighted by molar-refractivity contribution is 7.85. The minimum atomic E-state index is -4.31. The van der Waals surface area contributed by atoms with Crippen LogP contribution in [0, 0.1) is 0 Å². The molecule has 56 heavy (non-hydrogen) atoms. The summed E-state index contributed by atoms with van der Waals surface area (Å²) in [4.78, 5) is 12.6. The van der Waals surface area contributed by atoms with E-state index in [4.69, 9.17) is 0 Å². The number of allylic oxidation sites excluding steroid dienone is 2. The van der Waals surface area contributed by atoms with Crippen molar-refractivity contribution in [2.45, 2.75) is 289 Å². The SMILES string of the molecule is CCCCCCCCCC/C=C\CCCCCCCCCCCC(=O)NC(CS(=O)(=O)O)C(O)CCCCCCCCCCCCCCCCCCCCCC. The van der Waals surface area contributed by atoms with Crippen molar-refractivity contribution in [2.75, 3.05) is 5.75 Å². The third-order valence-corrected chi connectivity index (χ3v) is 12.5. The summed E-state index contributed by atoms with van der Waals surface area (Å²) in [5.41, 5.74) is 0. The Kier molecular flexibility index (Phi) is 42.9. The molecule has 1 amide bonds. The highest BCUT2D eigenvalue weighted by Gasteiger charge is 2.26. The van der Waals surface area contributed by atoms with Crippen molar-refractivity contribution >= 4 is 16.0 Å². The first kappa shape index (κ1) is 55.1. The fraction of sp³-hybridized carbons (Fsp3) is 0.939. The summed E-state index contributed by atoms with van der Waals surface area (Å²) in [5, 5.41) is 13.4. The average Bonchev–Trinajstić information content (AvgIpc) is 3.16. The molecule has 334 valence electrons. The molecule has 0 heterocycles. The molecule has 0 fully saturated rings. The summed E-state index contributed by atoms with van der Waals surface area (Å²) in [7, 11) is -4.31. The number of hydrogen-bond acceptors (Lipinski definition) is 4. The molecule has 0 spiro atoms. The highest BCUT2D eigenvalue weighted by atomic mass is 32.2. The molecule has 0 bridgehead atoms. The molecule has 0 aromatic heterocycles. The molecule has 0 aliphatic rings. The van der Waals surface area contributed by atoms with Crippen LogP contribution in [0.5, 0.6) is 0 Å². The zero-order valence-electron chi connectivity index (χ0n) is 37.5. The van der Waals surface area contributed by atoms with Crippen molar-refractivity contribution in [1.29, 1.82) is 0 Å². The molecule has 0 saturated carbocycles. The standard InChI is InChI=1S/C49H97NO5S/c1-3-5-7-9-11-13-15-17-19-21-23-25-27-29-31-33-35-37-39-41-43-45-49(52)50-47(46-56(53,54)55)48(51)44-42-40-38-36-34-32-30-28-26-24-22-20-18-16-14-12-10-8-6-4-2/h21,23,47-48,51H,3-20,22,24-46H2,1-2H3,(H,50,52)(H,53,54,55)/b23-21-. The molecule has 0 aromatic carbocycles. The molecule has 0 aliphatic carbocycles. The quantitative estimate of drug-likeness (QED) is 0.0323. The van der Waals surface area contributed by atoms with E-state index in [2.05, 4.69) is 31.3 Å². The molecule has 0 rings (SSSR count). The largest absolute Gasteiger partial charge is 0.391 e. The molecular formula is C49H97NO5S. The smallest absolute Gasteiger partial charge is 0.266 e. The van der Waals surface area contributed by atoms with Gasteiger partial charge < -0.3 is 10.4 Å². The Bertz CT molecular complexity index is 939. The number of aliphatic hydroxyl groups is 1. The van der Waals surface area contributed by atoms with Gasteiger partial charge in [-0.25, -0.2) is 0 Å². The van der Waals surface area contributed by atoms with Gasteiger partial charge in [-0.1, -0.05) is 244 Å². The molecule has 0 aliphatic heterocycles. The summed E-state index contributed by atoms with van der Waals surface area (Å²) >= 11 is 0. The van der Waals surface area contributed by atoms with E-state index in [9.17, 15) is 22.9 Å². The molecule has 0 aromatic rings. The molecular weight excluding hydrogens is 715 g/mol. The fourth-order valence-electron chi connectivity index (χ4n) is 7.98. The number of unbranched alkanes of at least 4 members (excludes halogenated alkanes) is 36. The zero-order valence-corrected chi connectivity index (χ0v) is 38.4. The minimum absolute atomic E-state index is 0.243. The van der Waals surface area contributed by atoms with Gasteiger partial charge in [0.2, 0.25) is 5.91 Å². The molecule has 3 N–H and O–H groups in total. The van der Waals surface area contributed by atoms with Gasteiger partial charge in [-0.15, -0.1) is 0 Å². The van der Waals surface area contributed by atoms with Gasteiger partial charge in [0.05, 0.1) is 17.9 Å². The van der Waals surface area contributed by atoms with E-state index in [-0.39, 0.29) is 5.91 Å². The number of rotatable bonds is 46. The second-order valence-corrected chi connectivity index (χ2v) is 18.9. The summed E-state index contributed by atoms with van der Waals surface area (Å²) in [6.45, 7) is 4.56.